The predicted molar refractivity (Wildman–Crippen MR) is 102 cm³/mol. The zero-order valence-electron chi connectivity index (χ0n) is 16.3. The normalized spacial score (nSPS) is 12.0. The first-order valence-corrected chi connectivity index (χ1v) is 12.3. The van der Waals surface area contributed by atoms with Crippen molar-refractivity contribution in [3.63, 3.8) is 0 Å². The van der Waals surface area contributed by atoms with Gasteiger partial charge in [0.05, 0.1) is 13.2 Å². The number of hydrogen-bond donors (Lipinski definition) is 0. The Kier molecular flexibility index (Phi) is 17.0. The maximum atomic E-state index is 6.23. The third kappa shape index (κ3) is 13.1. The third-order valence-electron chi connectivity index (χ3n) is 4.49. The number of hydrogen-bond acceptors (Lipinski definition) is 3. The van der Waals surface area contributed by atoms with Gasteiger partial charge in [0.15, 0.2) is 0 Å². The zero-order valence-corrected chi connectivity index (χ0v) is 17.3. The topological polar surface area (TPSA) is 27.7 Å². The Morgan fingerprint density at radius 1 is 0.565 bits per heavy atom. The molecule has 140 valence electrons. The molecule has 0 aromatic rings. The first kappa shape index (κ1) is 23.1. The Balaban J connectivity index is 3.63. The molecule has 0 amide bonds. The van der Waals surface area contributed by atoms with Crippen LogP contribution in [0.3, 0.4) is 0 Å². The molecule has 3 nitrogen and oxygen atoms in total. The smallest absolute Gasteiger partial charge is 0.337 e. The van der Waals surface area contributed by atoms with Crippen LogP contribution < -0.4 is 0 Å². The summed E-state index contributed by atoms with van der Waals surface area (Å²) in [4.78, 5) is 0. The maximum Gasteiger partial charge on any atom is 0.337 e. The van der Waals surface area contributed by atoms with E-state index in [1.807, 2.05) is 6.92 Å². The molecule has 0 aromatic heterocycles. The van der Waals surface area contributed by atoms with Crippen molar-refractivity contribution in [2.75, 3.05) is 26.4 Å². The SMILES string of the molecule is CCCCCCCCCCCO[Si](CC)(CC)OCCOCC. The lowest BCUT2D eigenvalue weighted by atomic mass is 10.1. The molecule has 0 aromatic carbocycles. The van der Waals surface area contributed by atoms with Gasteiger partial charge in [0.2, 0.25) is 0 Å². The molecule has 0 radical (unpaired) electrons. The van der Waals surface area contributed by atoms with Crippen LogP contribution in [0.4, 0.5) is 0 Å². The van der Waals surface area contributed by atoms with Crippen molar-refractivity contribution < 1.29 is 13.6 Å². The summed E-state index contributed by atoms with van der Waals surface area (Å²) in [5, 5.41) is 0. The van der Waals surface area contributed by atoms with Crippen molar-refractivity contribution in [2.45, 2.75) is 97.6 Å². The van der Waals surface area contributed by atoms with E-state index in [0.29, 0.717) is 13.2 Å². The second-order valence-electron chi connectivity index (χ2n) is 6.34. The van der Waals surface area contributed by atoms with E-state index < -0.39 is 8.56 Å². The van der Waals surface area contributed by atoms with Gasteiger partial charge in [-0.3, -0.25) is 0 Å². The molecule has 0 heterocycles. The van der Waals surface area contributed by atoms with E-state index in [0.717, 1.165) is 25.3 Å². The summed E-state index contributed by atoms with van der Waals surface area (Å²) in [6, 6.07) is 2.07. The van der Waals surface area contributed by atoms with Crippen molar-refractivity contribution in [3.8, 4) is 0 Å². The molecule has 0 spiro atoms. The lowest BCUT2D eigenvalue weighted by molar-refractivity contribution is 0.0846. The van der Waals surface area contributed by atoms with E-state index in [1.54, 1.807) is 0 Å². The van der Waals surface area contributed by atoms with E-state index in [2.05, 4.69) is 20.8 Å². The fourth-order valence-electron chi connectivity index (χ4n) is 2.80. The highest BCUT2D eigenvalue weighted by Gasteiger charge is 2.33. The first-order valence-electron chi connectivity index (χ1n) is 10.1. The Bertz CT molecular complexity index is 233. The third-order valence-corrected chi connectivity index (χ3v) is 8.10. The van der Waals surface area contributed by atoms with Gasteiger partial charge in [0.25, 0.3) is 0 Å². The summed E-state index contributed by atoms with van der Waals surface area (Å²) in [7, 11) is -1.96. The first-order chi connectivity index (χ1) is 11.2. The Morgan fingerprint density at radius 2 is 1.09 bits per heavy atom. The van der Waals surface area contributed by atoms with Gasteiger partial charge in [-0.1, -0.05) is 72.1 Å². The summed E-state index contributed by atoms with van der Waals surface area (Å²) in [5.74, 6) is 0. The minimum absolute atomic E-state index is 0.680. The molecule has 0 fully saturated rings. The minimum atomic E-state index is -1.96. The van der Waals surface area contributed by atoms with Crippen molar-refractivity contribution >= 4 is 8.56 Å². The van der Waals surface area contributed by atoms with Crippen LogP contribution in [0.15, 0.2) is 0 Å². The molecule has 0 bridgehead atoms. The molecular formula is C19H42O3Si. The van der Waals surface area contributed by atoms with E-state index >= 15 is 0 Å². The molecule has 0 aliphatic carbocycles. The van der Waals surface area contributed by atoms with Gasteiger partial charge in [0.1, 0.15) is 0 Å². The van der Waals surface area contributed by atoms with Gasteiger partial charge in [-0.25, -0.2) is 0 Å². The molecule has 0 unspecified atom stereocenters. The average molecular weight is 347 g/mol. The van der Waals surface area contributed by atoms with E-state index in [4.69, 9.17) is 13.6 Å². The van der Waals surface area contributed by atoms with Gasteiger partial charge in [-0.15, -0.1) is 0 Å². The summed E-state index contributed by atoms with van der Waals surface area (Å²) >= 11 is 0. The quantitative estimate of drug-likeness (QED) is 0.223. The molecule has 0 rings (SSSR count). The van der Waals surface area contributed by atoms with Crippen molar-refractivity contribution in [1.29, 1.82) is 0 Å². The number of unbranched alkanes of at least 4 members (excludes halogenated alkanes) is 8. The van der Waals surface area contributed by atoms with Crippen LogP contribution in [-0.4, -0.2) is 35.0 Å². The summed E-state index contributed by atoms with van der Waals surface area (Å²) < 4.78 is 17.7. The zero-order chi connectivity index (χ0) is 17.2. The number of rotatable bonds is 18. The second kappa shape index (κ2) is 16.9. The van der Waals surface area contributed by atoms with Gasteiger partial charge in [0, 0.05) is 13.2 Å². The van der Waals surface area contributed by atoms with Crippen LogP contribution >= 0.6 is 0 Å². The Morgan fingerprint density at radius 3 is 1.61 bits per heavy atom. The summed E-state index contributed by atoms with van der Waals surface area (Å²) in [6.07, 6.45) is 12.2. The van der Waals surface area contributed by atoms with Crippen molar-refractivity contribution in [2.24, 2.45) is 0 Å². The molecule has 0 saturated carbocycles. The van der Waals surface area contributed by atoms with Crippen LogP contribution in [0, 0.1) is 0 Å². The standard InChI is InChI=1S/C19H42O3Si/c1-5-9-10-11-12-13-14-15-16-17-21-23(7-3,8-4)22-19-18-20-6-2/h5-19H2,1-4H3. The Hall–Kier alpha value is 0.0969. The highest BCUT2D eigenvalue weighted by Crippen LogP contribution is 2.19. The van der Waals surface area contributed by atoms with Crippen molar-refractivity contribution in [1.82, 2.24) is 0 Å². The van der Waals surface area contributed by atoms with Gasteiger partial charge >= 0.3 is 8.56 Å². The average Bonchev–Trinajstić information content (AvgIpc) is 2.58. The maximum absolute atomic E-state index is 6.23. The fourth-order valence-corrected chi connectivity index (χ4v) is 5.17. The molecule has 0 N–H and O–H groups in total. The highest BCUT2D eigenvalue weighted by molar-refractivity contribution is 6.67. The van der Waals surface area contributed by atoms with E-state index in [1.165, 1.54) is 57.8 Å². The van der Waals surface area contributed by atoms with Gasteiger partial charge in [-0.05, 0) is 25.4 Å². The molecular weight excluding hydrogens is 304 g/mol. The van der Waals surface area contributed by atoms with Crippen LogP contribution in [-0.2, 0) is 13.6 Å². The largest absolute Gasteiger partial charge is 0.394 e. The van der Waals surface area contributed by atoms with Crippen molar-refractivity contribution in [3.05, 3.63) is 0 Å². The molecule has 23 heavy (non-hydrogen) atoms. The lowest BCUT2D eigenvalue weighted by Gasteiger charge is -2.28. The van der Waals surface area contributed by atoms with Crippen LogP contribution in [0.25, 0.3) is 0 Å². The number of ether oxygens (including phenoxy) is 1. The summed E-state index contributed by atoms with van der Waals surface area (Å²) in [6.45, 7) is 11.7. The van der Waals surface area contributed by atoms with Gasteiger partial charge < -0.3 is 13.6 Å². The van der Waals surface area contributed by atoms with Crippen LogP contribution in [0.2, 0.25) is 12.1 Å². The highest BCUT2D eigenvalue weighted by atomic mass is 28.4. The predicted octanol–water partition coefficient (Wildman–Crippen LogP) is 6.07. The molecule has 0 saturated heterocycles. The molecule has 0 aliphatic rings. The minimum Gasteiger partial charge on any atom is -0.394 e. The molecule has 0 aliphatic heterocycles. The second-order valence-corrected chi connectivity index (χ2v) is 10.2. The van der Waals surface area contributed by atoms with E-state index in [-0.39, 0.29) is 0 Å². The fraction of sp³-hybridized carbons (Fsp3) is 1.00. The van der Waals surface area contributed by atoms with Crippen LogP contribution in [0.1, 0.15) is 85.5 Å². The monoisotopic (exact) mass is 346 g/mol. The summed E-state index contributed by atoms with van der Waals surface area (Å²) in [5.41, 5.74) is 0. The Labute approximate surface area is 146 Å². The molecule has 0 atom stereocenters. The van der Waals surface area contributed by atoms with Gasteiger partial charge in [-0.2, -0.15) is 0 Å². The van der Waals surface area contributed by atoms with Crippen LogP contribution in [0.5, 0.6) is 0 Å². The lowest BCUT2D eigenvalue weighted by Crippen LogP contribution is -2.42. The van der Waals surface area contributed by atoms with E-state index in [9.17, 15) is 0 Å². The molecule has 4 heteroatoms.